The van der Waals surface area contributed by atoms with E-state index in [1.165, 1.54) is 34.6 Å². The van der Waals surface area contributed by atoms with Gasteiger partial charge in [0.05, 0.1) is 17.1 Å². The summed E-state index contributed by atoms with van der Waals surface area (Å²) >= 11 is 0. The van der Waals surface area contributed by atoms with Crippen LogP contribution in [-0.2, 0) is 21.5 Å². The Morgan fingerprint density at radius 2 is 1.93 bits per heavy atom. The third-order valence-corrected chi connectivity index (χ3v) is 6.10. The fourth-order valence-electron chi connectivity index (χ4n) is 2.68. The third-order valence-electron chi connectivity index (χ3n) is 4.22. The Balaban J connectivity index is 1.55. The van der Waals surface area contributed by atoms with Crippen LogP contribution in [0.4, 0.5) is 8.78 Å². The summed E-state index contributed by atoms with van der Waals surface area (Å²) in [6.07, 6.45) is 2.10. The van der Waals surface area contributed by atoms with E-state index in [4.69, 9.17) is 10.1 Å². The normalized spacial score (nSPS) is 15.0. The number of hydrogen-bond acceptors (Lipinski definition) is 5. The van der Waals surface area contributed by atoms with Gasteiger partial charge in [-0.3, -0.25) is 10.3 Å². The first-order valence-corrected chi connectivity index (χ1v) is 9.85. The van der Waals surface area contributed by atoms with E-state index in [1.807, 2.05) is 0 Å². The van der Waals surface area contributed by atoms with Gasteiger partial charge in [-0.25, -0.2) is 17.2 Å². The van der Waals surface area contributed by atoms with Crippen LogP contribution < -0.4 is 5.48 Å². The molecule has 0 aromatic heterocycles. The maximum absolute atomic E-state index is 13.3. The number of hydrogen-bond donors (Lipinski definition) is 1. The molecular weight excluding hydrogens is 388 g/mol. The molecule has 146 valence electrons. The van der Waals surface area contributed by atoms with E-state index in [9.17, 15) is 17.2 Å². The summed E-state index contributed by atoms with van der Waals surface area (Å²) in [5, 5.41) is 8.83. The van der Waals surface area contributed by atoms with Crippen LogP contribution in [0.15, 0.2) is 59.1 Å². The van der Waals surface area contributed by atoms with Gasteiger partial charge in [0.15, 0.2) is 0 Å². The van der Waals surface area contributed by atoms with Crippen LogP contribution in [-0.4, -0.2) is 25.8 Å². The second kappa shape index (κ2) is 8.48. The number of sulfonamides is 1. The zero-order valence-corrected chi connectivity index (χ0v) is 15.5. The first kappa shape index (κ1) is 19.9. The number of benzene rings is 2. The highest BCUT2D eigenvalue weighted by molar-refractivity contribution is 7.89. The van der Waals surface area contributed by atoms with E-state index >= 15 is 0 Å². The quantitative estimate of drug-likeness (QED) is 0.748. The summed E-state index contributed by atoms with van der Waals surface area (Å²) in [4.78, 5) is 5.40. The molecule has 0 aliphatic carbocycles. The minimum atomic E-state index is -3.69. The lowest BCUT2D eigenvalue weighted by molar-refractivity contribution is 0.0452. The number of nitrogens with one attached hydrogen (secondary N) is 1. The van der Waals surface area contributed by atoms with E-state index in [0.29, 0.717) is 17.7 Å². The lowest BCUT2D eigenvalue weighted by atomic mass is 10.1. The molecule has 1 N–H and O–H groups in total. The number of nitriles is 1. The smallest absolute Gasteiger partial charge is 0.243 e. The van der Waals surface area contributed by atoms with Gasteiger partial charge in [-0.15, -0.1) is 0 Å². The van der Waals surface area contributed by atoms with Crippen LogP contribution in [0.2, 0.25) is 0 Å². The Hall–Kier alpha value is -2.80. The van der Waals surface area contributed by atoms with Crippen LogP contribution >= 0.6 is 0 Å². The van der Waals surface area contributed by atoms with E-state index in [1.54, 1.807) is 12.1 Å². The standard InChI is InChI=1S/C19H17F2N3O3S/c20-16-2-4-18(5-3-16)28(25,26)24-9-7-17(8-10-24)23-27-13-14-1-6-19(21)15(11-14)12-22/h1-7,11,23H,8-10,13H2. The van der Waals surface area contributed by atoms with Crippen molar-refractivity contribution in [3.05, 3.63) is 77.0 Å². The second-order valence-electron chi connectivity index (χ2n) is 6.11. The van der Waals surface area contributed by atoms with Gasteiger partial charge in [-0.1, -0.05) is 6.07 Å². The first-order chi connectivity index (χ1) is 13.4. The van der Waals surface area contributed by atoms with Crippen molar-refractivity contribution in [2.45, 2.75) is 17.9 Å². The Labute approximate surface area is 161 Å². The lowest BCUT2D eigenvalue weighted by Crippen LogP contribution is -2.36. The molecule has 0 unspecified atom stereocenters. The Kier molecular flexibility index (Phi) is 6.04. The van der Waals surface area contributed by atoms with Gasteiger partial charge in [-0.2, -0.15) is 9.57 Å². The molecule has 0 atom stereocenters. The summed E-state index contributed by atoms with van der Waals surface area (Å²) in [5.41, 5.74) is 4.04. The lowest BCUT2D eigenvalue weighted by Gasteiger charge is -2.26. The van der Waals surface area contributed by atoms with Gasteiger partial charge in [0.1, 0.15) is 17.7 Å². The maximum atomic E-state index is 13.3. The van der Waals surface area contributed by atoms with Gasteiger partial charge < -0.3 is 0 Å². The largest absolute Gasteiger partial charge is 0.272 e. The molecule has 0 spiro atoms. The van der Waals surface area contributed by atoms with Crippen molar-refractivity contribution in [2.75, 3.05) is 13.1 Å². The van der Waals surface area contributed by atoms with Gasteiger partial charge in [0.25, 0.3) is 0 Å². The number of nitrogens with zero attached hydrogens (tertiary/aromatic N) is 2. The molecule has 9 heteroatoms. The molecule has 0 bridgehead atoms. The molecule has 2 aromatic carbocycles. The first-order valence-electron chi connectivity index (χ1n) is 8.41. The minimum absolute atomic E-state index is 0.0413. The summed E-state index contributed by atoms with van der Waals surface area (Å²) in [6, 6.07) is 10.6. The fourth-order valence-corrected chi connectivity index (χ4v) is 4.06. The molecule has 0 amide bonds. The summed E-state index contributed by atoms with van der Waals surface area (Å²) in [5.74, 6) is -1.08. The number of rotatable bonds is 6. The van der Waals surface area contributed by atoms with Crippen molar-refractivity contribution in [3.63, 3.8) is 0 Å². The van der Waals surface area contributed by atoms with Crippen molar-refractivity contribution in [3.8, 4) is 6.07 Å². The molecule has 0 saturated heterocycles. The van der Waals surface area contributed by atoms with Gasteiger partial charge in [-0.05, 0) is 48.0 Å². The van der Waals surface area contributed by atoms with Crippen molar-refractivity contribution < 1.29 is 22.0 Å². The van der Waals surface area contributed by atoms with Crippen LogP contribution in [0.1, 0.15) is 17.5 Å². The fraction of sp³-hybridized carbons (Fsp3) is 0.211. The molecule has 0 saturated carbocycles. The van der Waals surface area contributed by atoms with E-state index in [2.05, 4.69) is 5.48 Å². The van der Waals surface area contributed by atoms with E-state index in [0.717, 1.165) is 12.1 Å². The second-order valence-corrected chi connectivity index (χ2v) is 8.05. The van der Waals surface area contributed by atoms with E-state index in [-0.39, 0.29) is 30.2 Å². The highest BCUT2D eigenvalue weighted by Crippen LogP contribution is 2.20. The summed E-state index contributed by atoms with van der Waals surface area (Å²) < 4.78 is 52.7. The Morgan fingerprint density at radius 3 is 2.57 bits per heavy atom. The Morgan fingerprint density at radius 1 is 1.18 bits per heavy atom. The van der Waals surface area contributed by atoms with Crippen molar-refractivity contribution in [2.24, 2.45) is 0 Å². The molecule has 6 nitrogen and oxygen atoms in total. The van der Waals surface area contributed by atoms with E-state index < -0.39 is 21.7 Å². The molecule has 28 heavy (non-hydrogen) atoms. The number of hydroxylamine groups is 1. The third kappa shape index (κ3) is 4.54. The number of halogens is 2. The Bertz CT molecular complexity index is 1030. The van der Waals surface area contributed by atoms with Crippen LogP contribution in [0, 0.1) is 23.0 Å². The average Bonchev–Trinajstić information content (AvgIpc) is 2.70. The molecule has 3 rings (SSSR count). The molecule has 1 aliphatic heterocycles. The molecule has 2 aromatic rings. The summed E-state index contributed by atoms with van der Waals surface area (Å²) in [7, 11) is -3.69. The van der Waals surface area contributed by atoms with Gasteiger partial charge in [0.2, 0.25) is 10.0 Å². The van der Waals surface area contributed by atoms with Crippen LogP contribution in [0.25, 0.3) is 0 Å². The van der Waals surface area contributed by atoms with Gasteiger partial charge in [0, 0.05) is 25.2 Å². The van der Waals surface area contributed by atoms with Crippen LogP contribution in [0.5, 0.6) is 0 Å². The average molecular weight is 405 g/mol. The molecule has 1 heterocycles. The zero-order chi connectivity index (χ0) is 20.1. The predicted octanol–water partition coefficient (Wildman–Crippen LogP) is 2.84. The van der Waals surface area contributed by atoms with Crippen molar-refractivity contribution in [1.29, 1.82) is 5.26 Å². The predicted molar refractivity (Wildman–Crippen MR) is 96.9 cm³/mol. The topological polar surface area (TPSA) is 82.4 Å². The zero-order valence-electron chi connectivity index (χ0n) is 14.7. The molecule has 0 radical (unpaired) electrons. The summed E-state index contributed by atoms with van der Waals surface area (Å²) in [6.45, 7) is 0.515. The highest BCUT2D eigenvalue weighted by atomic mass is 32.2. The monoisotopic (exact) mass is 405 g/mol. The molecular formula is C19H17F2N3O3S. The SMILES string of the molecule is N#Cc1cc(CONC2=CCN(S(=O)(=O)c3ccc(F)cc3)CC2)ccc1F. The molecule has 0 fully saturated rings. The van der Waals surface area contributed by atoms with Crippen molar-refractivity contribution >= 4 is 10.0 Å². The van der Waals surface area contributed by atoms with Crippen molar-refractivity contribution in [1.82, 2.24) is 9.79 Å². The van der Waals surface area contributed by atoms with Crippen LogP contribution in [0.3, 0.4) is 0 Å². The van der Waals surface area contributed by atoms with Gasteiger partial charge >= 0.3 is 0 Å². The molecule has 1 aliphatic rings. The maximum Gasteiger partial charge on any atom is 0.243 e. The highest BCUT2D eigenvalue weighted by Gasteiger charge is 2.26. The minimum Gasteiger partial charge on any atom is -0.272 e.